The number of nitrogens with one attached hydrogen (secondary N) is 1. The molecular weight excluding hydrogens is 445 g/mol. The summed E-state index contributed by atoms with van der Waals surface area (Å²) in [6.07, 6.45) is 1.47. The standard InChI is InChI=1S/C25H21ClFN3O3/c26-17-4-1-3-16(13-17)23(31)30-12-2-5-20-21(30)10-11-22(29-20)25(14-33-15-25)24(32)28-19-8-6-18(27)7-9-19/h1,3-4,6-11,13H,2,5,12,14-15H2,(H,28,32). The third-order valence-electron chi connectivity index (χ3n) is 6.08. The number of ether oxygens (including phenoxy) is 1. The highest BCUT2D eigenvalue weighted by molar-refractivity contribution is 6.31. The molecule has 0 aliphatic carbocycles. The lowest BCUT2D eigenvalue weighted by Crippen LogP contribution is -2.56. The zero-order chi connectivity index (χ0) is 23.0. The second kappa shape index (κ2) is 8.57. The van der Waals surface area contributed by atoms with Crippen LogP contribution in [-0.2, 0) is 21.4 Å². The van der Waals surface area contributed by atoms with Crippen molar-refractivity contribution < 1.29 is 18.7 Å². The van der Waals surface area contributed by atoms with Crippen LogP contribution in [0.1, 0.15) is 28.2 Å². The van der Waals surface area contributed by atoms with Crippen LogP contribution in [0.5, 0.6) is 0 Å². The number of nitrogens with zero attached hydrogens (tertiary/aromatic N) is 2. The van der Waals surface area contributed by atoms with Gasteiger partial charge in [0.1, 0.15) is 11.2 Å². The van der Waals surface area contributed by atoms with Crippen molar-refractivity contribution in [3.05, 3.63) is 88.5 Å². The molecule has 1 aromatic heterocycles. The molecular formula is C25H21ClFN3O3. The van der Waals surface area contributed by atoms with Crippen molar-refractivity contribution in [3.8, 4) is 0 Å². The van der Waals surface area contributed by atoms with Crippen LogP contribution in [-0.4, -0.2) is 36.6 Å². The predicted molar refractivity (Wildman–Crippen MR) is 123 cm³/mol. The molecule has 8 heteroatoms. The third kappa shape index (κ3) is 3.98. The van der Waals surface area contributed by atoms with Crippen LogP contribution < -0.4 is 10.2 Å². The highest BCUT2D eigenvalue weighted by Crippen LogP contribution is 2.36. The summed E-state index contributed by atoms with van der Waals surface area (Å²) in [5.41, 5.74) is 2.21. The predicted octanol–water partition coefficient (Wildman–Crippen LogP) is 4.37. The van der Waals surface area contributed by atoms with Crippen LogP contribution in [0.3, 0.4) is 0 Å². The Bertz CT molecular complexity index is 1230. The van der Waals surface area contributed by atoms with E-state index in [1.165, 1.54) is 24.3 Å². The van der Waals surface area contributed by atoms with E-state index in [0.29, 0.717) is 34.9 Å². The first kappa shape index (κ1) is 21.6. The van der Waals surface area contributed by atoms with Crippen molar-refractivity contribution in [2.75, 3.05) is 30.0 Å². The van der Waals surface area contributed by atoms with Gasteiger partial charge in [0.05, 0.1) is 30.3 Å². The molecule has 1 saturated heterocycles. The van der Waals surface area contributed by atoms with Crippen molar-refractivity contribution in [2.24, 2.45) is 0 Å². The minimum Gasteiger partial charge on any atom is -0.378 e. The van der Waals surface area contributed by atoms with Gasteiger partial charge in [0.25, 0.3) is 5.91 Å². The molecule has 5 rings (SSSR count). The normalized spacial score (nSPS) is 16.5. The minimum atomic E-state index is -0.928. The number of benzene rings is 2. The SMILES string of the molecule is O=C(c1cccc(Cl)c1)N1CCCc2nc(C3(C(=O)Nc4ccc(F)cc4)COC3)ccc21. The van der Waals surface area contributed by atoms with Gasteiger partial charge in [-0.3, -0.25) is 14.6 Å². The first-order valence-corrected chi connectivity index (χ1v) is 11.1. The molecule has 2 aliphatic rings. The molecule has 33 heavy (non-hydrogen) atoms. The van der Waals surface area contributed by atoms with E-state index in [1.807, 2.05) is 6.07 Å². The Morgan fingerprint density at radius 2 is 1.88 bits per heavy atom. The van der Waals surface area contributed by atoms with Crippen molar-refractivity contribution >= 4 is 34.8 Å². The van der Waals surface area contributed by atoms with Gasteiger partial charge in [-0.05, 0) is 67.4 Å². The Morgan fingerprint density at radius 1 is 1.09 bits per heavy atom. The number of hydrogen-bond donors (Lipinski definition) is 1. The van der Waals surface area contributed by atoms with Crippen LogP contribution in [0.4, 0.5) is 15.8 Å². The van der Waals surface area contributed by atoms with Gasteiger partial charge in [0, 0.05) is 22.8 Å². The van der Waals surface area contributed by atoms with Crippen LogP contribution in [0.15, 0.2) is 60.7 Å². The number of anilines is 2. The molecule has 2 aliphatic heterocycles. The average Bonchev–Trinajstić information content (AvgIpc) is 2.79. The van der Waals surface area contributed by atoms with Crippen molar-refractivity contribution in [3.63, 3.8) is 0 Å². The number of pyridine rings is 1. The number of fused-ring (bicyclic) bond motifs is 1. The first-order valence-electron chi connectivity index (χ1n) is 10.7. The molecule has 2 amide bonds. The summed E-state index contributed by atoms with van der Waals surface area (Å²) in [5.74, 6) is -0.762. The summed E-state index contributed by atoms with van der Waals surface area (Å²) in [4.78, 5) is 32.8. The summed E-state index contributed by atoms with van der Waals surface area (Å²) in [6, 6.07) is 16.1. The average molecular weight is 466 g/mol. The van der Waals surface area contributed by atoms with Crippen LogP contribution >= 0.6 is 11.6 Å². The van der Waals surface area contributed by atoms with Crippen LogP contribution in [0, 0.1) is 5.82 Å². The van der Waals surface area contributed by atoms with E-state index in [1.54, 1.807) is 35.2 Å². The highest BCUT2D eigenvalue weighted by atomic mass is 35.5. The number of carbonyl (C=O) groups is 2. The van der Waals surface area contributed by atoms with E-state index in [2.05, 4.69) is 5.32 Å². The summed E-state index contributed by atoms with van der Waals surface area (Å²) in [7, 11) is 0. The lowest BCUT2D eigenvalue weighted by atomic mass is 9.80. The summed E-state index contributed by atoms with van der Waals surface area (Å²) < 4.78 is 18.6. The molecule has 6 nitrogen and oxygen atoms in total. The molecule has 3 heterocycles. The molecule has 168 valence electrons. The summed E-state index contributed by atoms with van der Waals surface area (Å²) >= 11 is 6.07. The Morgan fingerprint density at radius 3 is 2.58 bits per heavy atom. The Hall–Kier alpha value is -3.29. The van der Waals surface area contributed by atoms with E-state index in [4.69, 9.17) is 21.3 Å². The van der Waals surface area contributed by atoms with Gasteiger partial charge in [-0.15, -0.1) is 0 Å². The molecule has 3 aromatic rings. The fourth-order valence-electron chi connectivity index (χ4n) is 4.19. The zero-order valence-corrected chi connectivity index (χ0v) is 18.4. The van der Waals surface area contributed by atoms with Gasteiger partial charge in [-0.25, -0.2) is 4.39 Å². The largest absolute Gasteiger partial charge is 0.378 e. The molecule has 1 N–H and O–H groups in total. The van der Waals surface area contributed by atoms with E-state index in [0.717, 1.165) is 17.8 Å². The summed E-state index contributed by atoms with van der Waals surface area (Å²) in [6.45, 7) is 0.993. The first-order chi connectivity index (χ1) is 16.0. The van der Waals surface area contributed by atoms with Gasteiger partial charge in [-0.1, -0.05) is 17.7 Å². The van der Waals surface area contributed by atoms with Gasteiger partial charge in [-0.2, -0.15) is 0 Å². The topological polar surface area (TPSA) is 71.5 Å². The van der Waals surface area contributed by atoms with Crippen LogP contribution in [0.2, 0.25) is 5.02 Å². The smallest absolute Gasteiger partial charge is 0.258 e. The van der Waals surface area contributed by atoms with Gasteiger partial charge in [0.15, 0.2) is 0 Å². The highest BCUT2D eigenvalue weighted by Gasteiger charge is 2.49. The molecule has 0 bridgehead atoms. The van der Waals surface area contributed by atoms with Gasteiger partial charge >= 0.3 is 0 Å². The maximum absolute atomic E-state index is 13.2. The van der Waals surface area contributed by atoms with E-state index in [-0.39, 0.29) is 30.8 Å². The lowest BCUT2D eigenvalue weighted by molar-refractivity contribution is -0.140. The number of halogens is 2. The molecule has 0 spiro atoms. The van der Waals surface area contributed by atoms with E-state index < -0.39 is 5.41 Å². The number of carbonyl (C=O) groups excluding carboxylic acids is 2. The minimum absolute atomic E-state index is 0.135. The molecule has 1 fully saturated rings. The van der Waals surface area contributed by atoms with Gasteiger partial charge < -0.3 is 15.0 Å². The number of hydrogen-bond acceptors (Lipinski definition) is 4. The quantitative estimate of drug-likeness (QED) is 0.621. The Labute approximate surface area is 195 Å². The second-order valence-corrected chi connectivity index (χ2v) is 8.71. The fraction of sp³-hybridized carbons (Fsp3) is 0.240. The maximum Gasteiger partial charge on any atom is 0.258 e. The molecule has 0 radical (unpaired) electrons. The number of rotatable bonds is 4. The van der Waals surface area contributed by atoms with Crippen LogP contribution in [0.25, 0.3) is 0 Å². The zero-order valence-electron chi connectivity index (χ0n) is 17.7. The monoisotopic (exact) mass is 465 g/mol. The molecule has 0 saturated carbocycles. The molecule has 0 atom stereocenters. The molecule has 0 unspecified atom stereocenters. The van der Waals surface area contributed by atoms with Crippen molar-refractivity contribution in [1.82, 2.24) is 4.98 Å². The van der Waals surface area contributed by atoms with E-state index >= 15 is 0 Å². The third-order valence-corrected chi connectivity index (χ3v) is 6.31. The maximum atomic E-state index is 13.2. The second-order valence-electron chi connectivity index (χ2n) is 8.27. The Balaban J connectivity index is 1.43. The summed E-state index contributed by atoms with van der Waals surface area (Å²) in [5, 5.41) is 3.35. The fourth-order valence-corrected chi connectivity index (χ4v) is 4.38. The molecule has 2 aromatic carbocycles. The van der Waals surface area contributed by atoms with Gasteiger partial charge in [0.2, 0.25) is 5.91 Å². The lowest BCUT2D eigenvalue weighted by Gasteiger charge is -2.40. The Kier molecular flexibility index (Phi) is 5.60. The number of amides is 2. The number of aryl methyl sites for hydroxylation is 1. The van der Waals surface area contributed by atoms with Crippen molar-refractivity contribution in [2.45, 2.75) is 18.3 Å². The van der Waals surface area contributed by atoms with E-state index in [9.17, 15) is 14.0 Å². The van der Waals surface area contributed by atoms with Crippen molar-refractivity contribution in [1.29, 1.82) is 0 Å². The number of aromatic nitrogens is 1.